The Balaban J connectivity index is 0.000000100. The number of thiophene rings is 1. The van der Waals surface area contributed by atoms with Crippen molar-refractivity contribution in [3.63, 3.8) is 0 Å². The van der Waals surface area contributed by atoms with Crippen LogP contribution in [-0.4, -0.2) is 37.4 Å². The summed E-state index contributed by atoms with van der Waals surface area (Å²) in [4.78, 5) is 10.7. The number of furan rings is 2. The number of nitrogens with zero attached hydrogens (tertiary/aromatic N) is 8. The van der Waals surface area contributed by atoms with Gasteiger partial charge in [0, 0.05) is 135 Å². The van der Waals surface area contributed by atoms with E-state index >= 15 is 0 Å². The quantitative estimate of drug-likeness (QED) is 0.152. The van der Waals surface area contributed by atoms with E-state index < -0.39 is 0 Å². The smallest absolute Gasteiger partial charge is 0.235 e. The highest BCUT2D eigenvalue weighted by Crippen LogP contribution is 2.50. The van der Waals surface area contributed by atoms with Crippen LogP contribution in [0.1, 0.15) is 0 Å². The second-order valence-corrected chi connectivity index (χ2v) is 35.7. The molecule has 0 saturated heterocycles. The monoisotopic (exact) mass is 1710 g/mol. The van der Waals surface area contributed by atoms with E-state index in [1.807, 2.05) is 29.5 Å². The van der Waals surface area contributed by atoms with E-state index in [4.69, 9.17) is 18.8 Å². The van der Waals surface area contributed by atoms with Crippen LogP contribution in [0.2, 0.25) is 0 Å². The second kappa shape index (κ2) is 29.5. The highest BCUT2D eigenvalue weighted by molar-refractivity contribution is 7.25. The van der Waals surface area contributed by atoms with E-state index in [0.29, 0.717) is 5.95 Å². The first-order valence-electron chi connectivity index (χ1n) is 45.2. The first kappa shape index (κ1) is 74.4. The first-order chi connectivity index (χ1) is 66.0. The second-order valence-electron chi connectivity index (χ2n) is 34.6. The molecule has 30 aromatic rings. The van der Waals surface area contributed by atoms with Crippen LogP contribution in [0.25, 0.3) is 263 Å². The zero-order chi connectivity index (χ0) is 87.0. The maximum Gasteiger partial charge on any atom is 0.235 e. The summed E-state index contributed by atoms with van der Waals surface area (Å²) in [6.07, 6.45) is 0. The van der Waals surface area contributed by atoms with E-state index in [0.717, 1.165) is 111 Å². The van der Waals surface area contributed by atoms with Crippen LogP contribution in [0.5, 0.6) is 0 Å². The predicted octanol–water partition coefficient (Wildman–Crippen LogP) is 33.1. The number of fused-ring (bicyclic) bond motifs is 30. The molecule has 0 saturated carbocycles. The van der Waals surface area contributed by atoms with Crippen molar-refractivity contribution in [2.75, 3.05) is 0 Å². The van der Waals surface area contributed by atoms with Gasteiger partial charge in [0.15, 0.2) is 0 Å². The summed E-state index contributed by atoms with van der Waals surface area (Å²) in [5.41, 5.74) is 28.7. The summed E-state index contributed by atoms with van der Waals surface area (Å²) in [6.45, 7) is 0. The Kier molecular flexibility index (Phi) is 16.5. The van der Waals surface area contributed by atoms with Crippen molar-refractivity contribution in [3.8, 4) is 56.8 Å². The summed E-state index contributed by atoms with van der Waals surface area (Å²) in [5.74, 6) is 0.665. The number of aromatic nitrogens is 8. The summed E-state index contributed by atoms with van der Waals surface area (Å²) >= 11 is 1.85. The molecule has 30 rings (SSSR count). The van der Waals surface area contributed by atoms with Gasteiger partial charge < -0.3 is 31.7 Å². The van der Waals surface area contributed by atoms with Crippen molar-refractivity contribution in [3.05, 3.63) is 449 Å². The Hall–Kier alpha value is -17.6. The molecule has 0 atom stereocenters. The summed E-state index contributed by atoms with van der Waals surface area (Å²) in [6, 6.07) is 160. The topological polar surface area (TPSA) is 81.6 Å². The van der Waals surface area contributed by atoms with Gasteiger partial charge in [-0.2, -0.15) is 0 Å². The zero-order valence-corrected chi connectivity index (χ0v) is 72.3. The van der Waals surface area contributed by atoms with Crippen LogP contribution in [0.3, 0.4) is 0 Å². The number of hydrogen-bond acceptors (Lipinski definition) is 5. The van der Waals surface area contributed by atoms with Crippen molar-refractivity contribution in [1.29, 1.82) is 0 Å². The Morgan fingerprint density at radius 2 is 0.534 bits per heavy atom. The molecule has 0 aliphatic carbocycles. The van der Waals surface area contributed by atoms with Gasteiger partial charge in [0.05, 0.1) is 88.2 Å². The lowest BCUT2D eigenvalue weighted by Crippen LogP contribution is -2.03. The molecule has 20 aromatic carbocycles. The van der Waals surface area contributed by atoms with E-state index in [2.05, 4.69) is 458 Å². The minimum absolute atomic E-state index is 0.665. The van der Waals surface area contributed by atoms with Crippen LogP contribution in [-0.2, 0) is 0 Å². The Labute approximate surface area is 763 Å². The average Bonchev–Trinajstić information content (AvgIpc) is 1.55. The van der Waals surface area contributed by atoms with Gasteiger partial charge in [0.25, 0.3) is 0 Å². The van der Waals surface area contributed by atoms with Gasteiger partial charge in [-0.25, -0.2) is 9.97 Å². The van der Waals surface area contributed by atoms with Gasteiger partial charge in [-0.1, -0.05) is 273 Å². The van der Waals surface area contributed by atoms with Crippen LogP contribution >= 0.6 is 11.3 Å². The standard InChI is InChI=1S/C44H26N4S.C42H26N2O.C36H22N2O/c1-3-13-27(14-4-1)43-31-19-7-10-20-36(31)45-44(46-43)48-38-24-35-30-18-9-12-22-41(30)49-42(35)25-34(38)33-23-32-29-17-8-11-21-37(29)47(39(32)26-40(33)48)28-15-5-2-6-16-28;1-3-12-27(13-4-1)28-14-11-17-30(24-28)43-36-20-9-7-18-31(36)34-25-35-32-22-23-40-41(33-19-8-10-21-39(33)45-40)42(32)44(38(35)26-37(34)43)29-15-5-2-6-16-29;1-3-11-23(12-4-1)37-30-17-9-7-15-25(30)28-21-29-26-19-20-34-35(27-16-8-10-18-33(27)39-34)36(26)38(32(29)22-31(28)37)24-13-5-2-6-14-24/h1-26H;1-26H;1-22H. The zero-order valence-electron chi connectivity index (χ0n) is 71.5. The molecule has 10 aromatic heterocycles. The number of benzene rings is 20. The van der Waals surface area contributed by atoms with Crippen LogP contribution < -0.4 is 0 Å². The van der Waals surface area contributed by atoms with Gasteiger partial charge in [-0.15, -0.1) is 11.3 Å². The van der Waals surface area contributed by atoms with E-state index in [9.17, 15) is 0 Å². The van der Waals surface area contributed by atoms with Crippen molar-refractivity contribution in [2.24, 2.45) is 0 Å². The molecule has 11 heteroatoms. The van der Waals surface area contributed by atoms with Crippen molar-refractivity contribution in [1.82, 2.24) is 37.4 Å². The molecule has 0 fully saturated rings. The molecule has 0 radical (unpaired) electrons. The molecule has 0 bridgehead atoms. The molecule has 620 valence electrons. The molecule has 0 amide bonds. The highest BCUT2D eigenvalue weighted by Gasteiger charge is 2.28. The third-order valence-corrected chi connectivity index (χ3v) is 28.4. The Bertz CT molecular complexity index is 10000. The maximum atomic E-state index is 6.37. The molecule has 10 heterocycles. The predicted molar refractivity (Wildman–Crippen MR) is 557 cm³/mol. The van der Waals surface area contributed by atoms with Gasteiger partial charge in [0.1, 0.15) is 22.3 Å². The van der Waals surface area contributed by atoms with Gasteiger partial charge in [-0.05, 0) is 187 Å². The first-order valence-corrected chi connectivity index (χ1v) is 46.0. The van der Waals surface area contributed by atoms with Gasteiger partial charge >= 0.3 is 0 Å². The van der Waals surface area contributed by atoms with Crippen LogP contribution in [0, 0.1) is 0 Å². The van der Waals surface area contributed by atoms with Gasteiger partial charge in [0.2, 0.25) is 5.95 Å². The molecule has 0 aliphatic rings. The molecular formula is C122H74N8O2S. The fraction of sp³-hybridized carbons (Fsp3) is 0. The lowest BCUT2D eigenvalue weighted by atomic mass is 10.1. The minimum Gasteiger partial charge on any atom is -0.456 e. The fourth-order valence-corrected chi connectivity index (χ4v) is 22.7. The van der Waals surface area contributed by atoms with E-state index in [1.54, 1.807) is 0 Å². The summed E-state index contributed by atoms with van der Waals surface area (Å²) in [7, 11) is 0. The third kappa shape index (κ3) is 11.4. The Morgan fingerprint density at radius 3 is 1.04 bits per heavy atom. The maximum absolute atomic E-state index is 6.37. The largest absolute Gasteiger partial charge is 0.456 e. The van der Waals surface area contributed by atoms with Gasteiger partial charge in [-0.3, -0.25) is 4.57 Å². The summed E-state index contributed by atoms with van der Waals surface area (Å²) in [5, 5.41) is 22.9. The molecule has 0 unspecified atom stereocenters. The van der Waals surface area contributed by atoms with Crippen LogP contribution in [0.4, 0.5) is 0 Å². The summed E-state index contributed by atoms with van der Waals surface area (Å²) < 4.78 is 29.6. The highest BCUT2D eigenvalue weighted by atomic mass is 32.1. The average molecular weight is 1720 g/mol. The molecular weight excluding hydrogens is 1640 g/mol. The lowest BCUT2D eigenvalue weighted by Gasteiger charge is -2.12. The molecule has 0 spiro atoms. The van der Waals surface area contributed by atoms with E-state index in [-0.39, 0.29) is 0 Å². The van der Waals surface area contributed by atoms with E-state index in [1.165, 1.54) is 146 Å². The van der Waals surface area contributed by atoms with Crippen molar-refractivity contribution in [2.45, 2.75) is 0 Å². The normalized spacial score (nSPS) is 12.1. The van der Waals surface area contributed by atoms with Crippen molar-refractivity contribution < 1.29 is 8.83 Å². The number of rotatable bonds is 8. The Morgan fingerprint density at radius 1 is 0.180 bits per heavy atom. The molecule has 0 N–H and O–H groups in total. The van der Waals surface area contributed by atoms with Crippen LogP contribution in [0.15, 0.2) is 458 Å². The molecule has 133 heavy (non-hydrogen) atoms. The van der Waals surface area contributed by atoms with Crippen molar-refractivity contribution >= 4 is 217 Å². The number of hydrogen-bond donors (Lipinski definition) is 0. The minimum atomic E-state index is 0.665. The molecule has 10 nitrogen and oxygen atoms in total. The SMILES string of the molecule is c1ccc(-c2cccc(-n3c4ccccc4c4cc5c6ccc7oc8ccccc8c7c6n(-c6ccccc6)c5cc43)c2)cc1.c1ccc(-c2nc(-n3c4cc5c(cc4c4cc6c7ccccc7n(-c7ccccc7)c6cc43)sc3ccccc35)nc3ccccc23)cc1.c1ccc(-n2c3ccccc3c3cc4c5ccc6oc7ccccc7c6c5n(-c5ccccc5)c4cc32)cc1. The fourth-order valence-electron chi connectivity index (χ4n) is 21.6. The third-order valence-electron chi connectivity index (χ3n) is 27.3. The lowest BCUT2D eigenvalue weighted by molar-refractivity contribution is 0.669. The molecule has 0 aliphatic heterocycles. The number of para-hydroxylation sites is 10.